The molecule has 0 N–H and O–H groups in total. The Morgan fingerprint density at radius 1 is 0.337 bits per heavy atom. The van der Waals surface area contributed by atoms with Crippen LogP contribution in [0.3, 0.4) is 0 Å². The van der Waals surface area contributed by atoms with E-state index >= 15 is 0 Å². The molecule has 0 amide bonds. The fourth-order valence-electron chi connectivity index (χ4n) is 14.4. The zero-order chi connectivity index (χ0) is 57.8. The molecule has 5 heteroatoms. The lowest BCUT2D eigenvalue weighted by molar-refractivity contribution is 0.590. The van der Waals surface area contributed by atoms with Gasteiger partial charge in [0.25, 0.3) is 0 Å². The van der Waals surface area contributed by atoms with Gasteiger partial charge < -0.3 is 18.6 Å². The first-order valence-corrected chi connectivity index (χ1v) is 30.8. The zero-order valence-corrected chi connectivity index (χ0v) is 49.7. The van der Waals surface area contributed by atoms with Gasteiger partial charge in [-0.2, -0.15) is 0 Å². The zero-order valence-electron chi connectivity index (χ0n) is 48.9. The molecule has 0 atom stereocenters. The molecule has 3 heterocycles. The Morgan fingerprint density at radius 3 is 1.41 bits per heavy atom. The number of para-hydroxylation sites is 2. The summed E-state index contributed by atoms with van der Waals surface area (Å²) in [5, 5.41) is 6.87. The molecule has 0 saturated heterocycles. The van der Waals surface area contributed by atoms with Crippen LogP contribution in [-0.2, 0) is 16.2 Å². The van der Waals surface area contributed by atoms with E-state index in [2.05, 4.69) is 300 Å². The fraction of sp³-hybridized carbons (Fsp3) is 0.111. The van der Waals surface area contributed by atoms with Crippen LogP contribution in [0, 0.1) is 0 Å². The number of anilines is 6. The molecular formula is C81H60N2O2S. The number of rotatable bonds is 7. The summed E-state index contributed by atoms with van der Waals surface area (Å²) in [6.45, 7) is 13.7. The third-order valence-corrected chi connectivity index (χ3v) is 19.8. The van der Waals surface area contributed by atoms with E-state index in [1.807, 2.05) is 17.4 Å². The fourth-order valence-corrected chi connectivity index (χ4v) is 15.8. The standard InChI is InChI=1S/C81H60N2O2S/c1-79(2,3)51-29-33-53(34-30-51)82(56-37-41-62-60-22-12-16-26-71(60)84-73(62)46-56)55-39-43-64-68(45-55)81(66-24-14-10-20-58(66)59-21-11-15-25-67(59)81)69-48-70(77-65-40-28-50(49-18-8-7-9-19-49)44-75(65)86-78(77)76(64)69)83(54-35-31-52(32-36-54)80(4,5)6)57-38-42-63-61-23-13-17-27-72(61)85-74(63)47-57/h7-48H,1-6H3. The molecule has 2 aliphatic carbocycles. The van der Waals surface area contributed by atoms with Gasteiger partial charge in [-0.05, 0) is 157 Å². The van der Waals surface area contributed by atoms with Gasteiger partial charge in [0.15, 0.2) is 0 Å². The van der Waals surface area contributed by atoms with E-state index in [0.717, 1.165) is 78.0 Å². The van der Waals surface area contributed by atoms with Gasteiger partial charge in [-0.1, -0.05) is 199 Å². The summed E-state index contributed by atoms with van der Waals surface area (Å²) in [4.78, 5) is 4.95. The first-order chi connectivity index (χ1) is 41.9. The number of nitrogens with zero attached hydrogens (tertiary/aromatic N) is 2. The Kier molecular flexibility index (Phi) is 10.9. The van der Waals surface area contributed by atoms with Crippen molar-refractivity contribution in [1.82, 2.24) is 0 Å². The molecule has 412 valence electrons. The Labute approximate surface area is 504 Å². The third kappa shape index (κ3) is 7.47. The number of hydrogen-bond donors (Lipinski definition) is 0. The van der Waals surface area contributed by atoms with Crippen LogP contribution in [0.4, 0.5) is 34.1 Å². The molecule has 12 aromatic carbocycles. The van der Waals surface area contributed by atoms with Crippen molar-refractivity contribution in [2.45, 2.75) is 57.8 Å². The van der Waals surface area contributed by atoms with Crippen molar-refractivity contribution in [2.24, 2.45) is 0 Å². The molecule has 0 aliphatic heterocycles. The normalized spacial score (nSPS) is 13.3. The second-order valence-corrected chi connectivity index (χ2v) is 26.6. The molecule has 86 heavy (non-hydrogen) atoms. The Morgan fingerprint density at radius 2 is 0.814 bits per heavy atom. The van der Waals surface area contributed by atoms with Gasteiger partial charge in [0, 0.05) is 87.9 Å². The van der Waals surface area contributed by atoms with Gasteiger partial charge in [0.1, 0.15) is 22.3 Å². The molecule has 0 unspecified atom stereocenters. The maximum Gasteiger partial charge on any atom is 0.137 e. The van der Waals surface area contributed by atoms with Gasteiger partial charge in [0.05, 0.1) is 11.1 Å². The van der Waals surface area contributed by atoms with E-state index in [1.54, 1.807) is 0 Å². The van der Waals surface area contributed by atoms with Gasteiger partial charge >= 0.3 is 0 Å². The molecule has 3 aromatic heterocycles. The summed E-state index contributed by atoms with van der Waals surface area (Å²) in [5.41, 5.74) is 24.2. The highest BCUT2D eigenvalue weighted by molar-refractivity contribution is 7.26. The lowest BCUT2D eigenvalue weighted by Crippen LogP contribution is -2.26. The predicted octanol–water partition coefficient (Wildman–Crippen LogP) is 23.4. The van der Waals surface area contributed by atoms with E-state index in [9.17, 15) is 0 Å². The predicted molar refractivity (Wildman–Crippen MR) is 362 cm³/mol. The van der Waals surface area contributed by atoms with Crippen LogP contribution in [0.1, 0.15) is 74.9 Å². The van der Waals surface area contributed by atoms with Crippen LogP contribution in [0.2, 0.25) is 0 Å². The molecule has 0 radical (unpaired) electrons. The van der Waals surface area contributed by atoms with Crippen molar-refractivity contribution in [2.75, 3.05) is 9.80 Å². The molecular weight excluding hydrogens is 1060 g/mol. The van der Waals surface area contributed by atoms with Crippen LogP contribution >= 0.6 is 11.3 Å². The highest BCUT2D eigenvalue weighted by Crippen LogP contribution is 2.67. The number of benzene rings is 12. The summed E-state index contributed by atoms with van der Waals surface area (Å²) in [7, 11) is 0. The van der Waals surface area contributed by atoms with E-state index in [0.29, 0.717) is 0 Å². The lowest BCUT2D eigenvalue weighted by atomic mass is 9.70. The van der Waals surface area contributed by atoms with Crippen LogP contribution in [0.25, 0.3) is 97.4 Å². The smallest absolute Gasteiger partial charge is 0.137 e. The van der Waals surface area contributed by atoms with Crippen LogP contribution < -0.4 is 9.80 Å². The van der Waals surface area contributed by atoms with Crippen molar-refractivity contribution in [3.8, 4) is 33.4 Å². The van der Waals surface area contributed by atoms with Crippen LogP contribution in [0.15, 0.2) is 264 Å². The highest BCUT2D eigenvalue weighted by atomic mass is 32.1. The van der Waals surface area contributed by atoms with Crippen LogP contribution in [-0.4, -0.2) is 0 Å². The molecule has 15 aromatic rings. The summed E-state index contributed by atoms with van der Waals surface area (Å²) in [5.74, 6) is 0. The number of fused-ring (bicyclic) bond motifs is 20. The average molecular weight is 1130 g/mol. The molecule has 0 fully saturated rings. The molecule has 0 bridgehead atoms. The SMILES string of the molecule is CC(C)(C)c1ccc(N(c2ccc3c(c2)C2(c4ccccc4-c4ccccc42)c2cc(N(c4ccc(C(C)(C)C)cc4)c4ccc5c(c4)oc4ccccc45)c4c(sc5cc(-c6ccccc6)ccc54)c2-3)c2ccc3c(c2)oc2ccccc23)cc1. The van der Waals surface area contributed by atoms with Gasteiger partial charge in [0.2, 0.25) is 0 Å². The molecule has 17 rings (SSSR count). The van der Waals surface area contributed by atoms with Gasteiger partial charge in [-0.15, -0.1) is 11.3 Å². The first-order valence-electron chi connectivity index (χ1n) is 30.0. The van der Waals surface area contributed by atoms with E-state index in [1.165, 1.54) is 86.9 Å². The average Bonchev–Trinajstić information content (AvgIpc) is 1.57. The van der Waals surface area contributed by atoms with Gasteiger partial charge in [-0.25, -0.2) is 0 Å². The monoisotopic (exact) mass is 1120 g/mol. The van der Waals surface area contributed by atoms with Crippen molar-refractivity contribution >= 4 is 110 Å². The minimum atomic E-state index is -0.725. The maximum atomic E-state index is 6.76. The number of thiophene rings is 1. The summed E-state index contributed by atoms with van der Waals surface area (Å²) < 4.78 is 15.9. The van der Waals surface area contributed by atoms with Gasteiger partial charge in [-0.3, -0.25) is 0 Å². The molecule has 0 saturated carbocycles. The quantitative estimate of drug-likeness (QED) is 0.159. The Bertz CT molecular complexity index is 5210. The van der Waals surface area contributed by atoms with Crippen LogP contribution in [0.5, 0.6) is 0 Å². The van der Waals surface area contributed by atoms with Crippen molar-refractivity contribution in [3.05, 3.63) is 288 Å². The second-order valence-electron chi connectivity index (χ2n) is 25.6. The van der Waals surface area contributed by atoms with Crippen molar-refractivity contribution < 1.29 is 8.83 Å². The minimum Gasteiger partial charge on any atom is -0.456 e. The molecule has 4 nitrogen and oxygen atoms in total. The Balaban J connectivity index is 0.982. The number of hydrogen-bond acceptors (Lipinski definition) is 5. The maximum absolute atomic E-state index is 6.76. The van der Waals surface area contributed by atoms with E-state index in [4.69, 9.17) is 8.83 Å². The lowest BCUT2D eigenvalue weighted by Gasteiger charge is -2.33. The largest absolute Gasteiger partial charge is 0.456 e. The molecule has 2 aliphatic rings. The summed E-state index contributed by atoms with van der Waals surface area (Å²) in [6.07, 6.45) is 0. The number of furan rings is 2. The Hall–Kier alpha value is -9.94. The minimum absolute atomic E-state index is 0.0168. The summed E-state index contributed by atoms with van der Waals surface area (Å²) in [6, 6.07) is 95.0. The van der Waals surface area contributed by atoms with Crippen molar-refractivity contribution in [3.63, 3.8) is 0 Å². The van der Waals surface area contributed by atoms with Crippen molar-refractivity contribution in [1.29, 1.82) is 0 Å². The summed E-state index contributed by atoms with van der Waals surface area (Å²) >= 11 is 1.92. The highest BCUT2D eigenvalue weighted by Gasteiger charge is 2.53. The molecule has 1 spiro atoms. The third-order valence-electron chi connectivity index (χ3n) is 18.6. The van der Waals surface area contributed by atoms with E-state index < -0.39 is 5.41 Å². The second kappa shape index (κ2) is 18.5. The topological polar surface area (TPSA) is 32.8 Å². The van der Waals surface area contributed by atoms with E-state index in [-0.39, 0.29) is 10.8 Å². The first kappa shape index (κ1) is 50.6.